The largest absolute Gasteiger partial charge is 0.494 e. The molecule has 0 saturated heterocycles. The van der Waals surface area contributed by atoms with Gasteiger partial charge in [0.1, 0.15) is 12.3 Å². The molecule has 1 aliphatic rings. The summed E-state index contributed by atoms with van der Waals surface area (Å²) in [4.78, 5) is 19.1. The molecule has 0 fully saturated rings. The standard InChI is InChI=1S/C20H23N3O2S/c1-3-25-18-9-7-17(8-10-18)23(20-21-11-12-26-20)14-19(24)22-16-6-4-5-15(2)13-16/h4-10,13H,3,11-12,14H2,1-2H3,(H,22,24). The summed E-state index contributed by atoms with van der Waals surface area (Å²) in [5.41, 5.74) is 2.85. The number of hydrogen-bond acceptors (Lipinski definition) is 5. The van der Waals surface area contributed by atoms with Gasteiger partial charge in [-0.2, -0.15) is 0 Å². The molecule has 1 amide bonds. The fourth-order valence-corrected chi connectivity index (χ4v) is 3.59. The number of benzene rings is 2. The smallest absolute Gasteiger partial charge is 0.244 e. The van der Waals surface area contributed by atoms with Crippen LogP contribution in [0.5, 0.6) is 5.75 Å². The Bertz CT molecular complexity index is 790. The summed E-state index contributed by atoms with van der Waals surface area (Å²) in [5, 5.41) is 3.85. The zero-order chi connectivity index (χ0) is 18.4. The van der Waals surface area contributed by atoms with Crippen LogP contribution in [-0.2, 0) is 4.79 Å². The predicted molar refractivity (Wildman–Crippen MR) is 110 cm³/mol. The first-order valence-corrected chi connectivity index (χ1v) is 9.68. The summed E-state index contributed by atoms with van der Waals surface area (Å²) in [6, 6.07) is 15.6. The third kappa shape index (κ3) is 4.79. The van der Waals surface area contributed by atoms with Gasteiger partial charge in [-0.25, -0.2) is 0 Å². The summed E-state index contributed by atoms with van der Waals surface area (Å²) >= 11 is 1.68. The van der Waals surface area contributed by atoms with Crippen LogP contribution in [0, 0.1) is 6.92 Å². The molecule has 0 atom stereocenters. The highest BCUT2D eigenvalue weighted by Crippen LogP contribution is 2.25. The lowest BCUT2D eigenvalue weighted by Crippen LogP contribution is -2.36. The third-order valence-electron chi connectivity index (χ3n) is 3.86. The van der Waals surface area contributed by atoms with E-state index in [4.69, 9.17) is 4.74 Å². The molecule has 136 valence electrons. The molecule has 2 aromatic carbocycles. The first kappa shape index (κ1) is 18.3. The Balaban J connectivity index is 1.74. The van der Waals surface area contributed by atoms with Gasteiger partial charge in [0.2, 0.25) is 5.91 Å². The lowest BCUT2D eigenvalue weighted by atomic mass is 10.2. The van der Waals surface area contributed by atoms with E-state index in [1.165, 1.54) is 0 Å². The quantitative estimate of drug-likeness (QED) is 0.838. The number of rotatable bonds is 6. The van der Waals surface area contributed by atoms with Crippen molar-refractivity contribution in [3.05, 3.63) is 54.1 Å². The maximum absolute atomic E-state index is 12.6. The van der Waals surface area contributed by atoms with Crippen LogP contribution in [0.25, 0.3) is 0 Å². The highest BCUT2D eigenvalue weighted by Gasteiger charge is 2.20. The van der Waals surface area contributed by atoms with Crippen molar-refractivity contribution in [2.75, 3.05) is 35.7 Å². The van der Waals surface area contributed by atoms with Crippen LogP contribution in [0.3, 0.4) is 0 Å². The Hall–Kier alpha value is -2.47. The minimum Gasteiger partial charge on any atom is -0.494 e. The number of anilines is 2. The summed E-state index contributed by atoms with van der Waals surface area (Å²) in [6.07, 6.45) is 0. The molecular formula is C20H23N3O2S. The number of amides is 1. The molecule has 0 spiro atoms. The van der Waals surface area contributed by atoms with Gasteiger partial charge in [0.05, 0.1) is 13.2 Å². The molecule has 0 aromatic heterocycles. The Kier molecular flexibility index (Phi) is 6.17. The number of thioether (sulfide) groups is 1. The van der Waals surface area contributed by atoms with E-state index < -0.39 is 0 Å². The van der Waals surface area contributed by atoms with Crippen molar-refractivity contribution in [3.8, 4) is 5.75 Å². The van der Waals surface area contributed by atoms with E-state index >= 15 is 0 Å². The molecule has 0 aliphatic carbocycles. The van der Waals surface area contributed by atoms with Crippen LogP contribution >= 0.6 is 11.8 Å². The van der Waals surface area contributed by atoms with Gasteiger partial charge in [0.25, 0.3) is 0 Å². The molecule has 0 bridgehead atoms. The van der Waals surface area contributed by atoms with E-state index in [0.29, 0.717) is 6.61 Å². The molecule has 2 aromatic rings. The predicted octanol–water partition coefficient (Wildman–Crippen LogP) is 3.94. The molecule has 0 unspecified atom stereocenters. The first-order chi connectivity index (χ1) is 12.7. The van der Waals surface area contributed by atoms with Crippen molar-refractivity contribution < 1.29 is 9.53 Å². The minimum atomic E-state index is -0.0697. The number of ether oxygens (including phenoxy) is 1. The van der Waals surface area contributed by atoms with Crippen molar-refractivity contribution in [1.29, 1.82) is 0 Å². The van der Waals surface area contributed by atoms with E-state index in [2.05, 4.69) is 10.3 Å². The molecule has 3 rings (SSSR count). The topological polar surface area (TPSA) is 53.9 Å². The molecule has 6 heteroatoms. The Morgan fingerprint density at radius 1 is 1.27 bits per heavy atom. The van der Waals surface area contributed by atoms with Gasteiger partial charge in [-0.3, -0.25) is 9.79 Å². The van der Waals surface area contributed by atoms with E-state index in [0.717, 1.165) is 40.2 Å². The van der Waals surface area contributed by atoms with Gasteiger partial charge >= 0.3 is 0 Å². The van der Waals surface area contributed by atoms with Gasteiger partial charge in [-0.1, -0.05) is 23.9 Å². The second-order valence-electron chi connectivity index (χ2n) is 5.94. The number of hydrogen-bond donors (Lipinski definition) is 1. The summed E-state index contributed by atoms with van der Waals surface area (Å²) in [6.45, 7) is 5.59. The summed E-state index contributed by atoms with van der Waals surface area (Å²) in [7, 11) is 0. The van der Waals surface area contributed by atoms with Gasteiger partial charge in [0, 0.05) is 17.1 Å². The zero-order valence-corrected chi connectivity index (χ0v) is 15.9. The average Bonchev–Trinajstić information content (AvgIpc) is 3.15. The number of aryl methyl sites for hydroxylation is 1. The van der Waals surface area contributed by atoms with E-state index in [9.17, 15) is 4.79 Å². The van der Waals surface area contributed by atoms with Crippen molar-refractivity contribution >= 4 is 34.2 Å². The number of aliphatic imine (C=N–C) groups is 1. The van der Waals surface area contributed by atoms with Crippen LogP contribution in [0.4, 0.5) is 11.4 Å². The normalized spacial score (nSPS) is 13.2. The molecule has 1 N–H and O–H groups in total. The minimum absolute atomic E-state index is 0.0697. The fraction of sp³-hybridized carbons (Fsp3) is 0.300. The van der Waals surface area contributed by atoms with Gasteiger partial charge < -0.3 is 15.0 Å². The average molecular weight is 369 g/mol. The lowest BCUT2D eigenvalue weighted by Gasteiger charge is -2.23. The fourth-order valence-electron chi connectivity index (χ4n) is 2.71. The maximum Gasteiger partial charge on any atom is 0.244 e. The molecule has 5 nitrogen and oxygen atoms in total. The van der Waals surface area contributed by atoms with Crippen LogP contribution in [0.2, 0.25) is 0 Å². The monoisotopic (exact) mass is 369 g/mol. The van der Waals surface area contributed by atoms with E-state index in [1.54, 1.807) is 11.8 Å². The van der Waals surface area contributed by atoms with Crippen LogP contribution in [0.15, 0.2) is 53.5 Å². The highest BCUT2D eigenvalue weighted by molar-refractivity contribution is 8.14. The van der Waals surface area contributed by atoms with E-state index in [1.807, 2.05) is 67.3 Å². The SMILES string of the molecule is CCOc1ccc(N(CC(=O)Nc2cccc(C)c2)C2=NCCS2)cc1. The third-order valence-corrected chi connectivity index (χ3v) is 4.86. The van der Waals surface area contributed by atoms with Crippen molar-refractivity contribution in [2.24, 2.45) is 4.99 Å². The van der Waals surface area contributed by atoms with Crippen molar-refractivity contribution in [2.45, 2.75) is 13.8 Å². The van der Waals surface area contributed by atoms with Crippen LogP contribution in [0.1, 0.15) is 12.5 Å². The highest BCUT2D eigenvalue weighted by atomic mass is 32.2. The van der Waals surface area contributed by atoms with Gasteiger partial charge in [-0.15, -0.1) is 0 Å². The Labute approximate surface area is 158 Å². The molecular weight excluding hydrogens is 346 g/mol. The molecule has 0 saturated carbocycles. The van der Waals surface area contributed by atoms with Crippen LogP contribution in [-0.4, -0.2) is 36.5 Å². The summed E-state index contributed by atoms with van der Waals surface area (Å²) in [5.74, 6) is 1.70. The molecule has 26 heavy (non-hydrogen) atoms. The number of carbonyl (C=O) groups is 1. The van der Waals surface area contributed by atoms with Gasteiger partial charge in [-0.05, 0) is 55.8 Å². The Morgan fingerprint density at radius 2 is 2.08 bits per heavy atom. The number of amidine groups is 1. The summed E-state index contributed by atoms with van der Waals surface area (Å²) < 4.78 is 5.50. The molecule has 0 radical (unpaired) electrons. The first-order valence-electron chi connectivity index (χ1n) is 8.70. The lowest BCUT2D eigenvalue weighted by molar-refractivity contribution is -0.114. The maximum atomic E-state index is 12.6. The second kappa shape index (κ2) is 8.76. The molecule has 1 heterocycles. The number of nitrogens with one attached hydrogen (secondary N) is 1. The van der Waals surface area contributed by atoms with Crippen molar-refractivity contribution in [3.63, 3.8) is 0 Å². The van der Waals surface area contributed by atoms with E-state index in [-0.39, 0.29) is 12.5 Å². The van der Waals surface area contributed by atoms with Crippen molar-refractivity contribution in [1.82, 2.24) is 0 Å². The number of carbonyl (C=O) groups excluding carboxylic acids is 1. The van der Waals surface area contributed by atoms with Crippen LogP contribution < -0.4 is 15.0 Å². The Morgan fingerprint density at radius 3 is 2.73 bits per heavy atom. The molecule has 1 aliphatic heterocycles. The van der Waals surface area contributed by atoms with Gasteiger partial charge in [0.15, 0.2) is 5.17 Å². The zero-order valence-electron chi connectivity index (χ0n) is 15.1. The second-order valence-corrected chi connectivity index (χ2v) is 7.01. The number of nitrogens with zero attached hydrogens (tertiary/aromatic N) is 2.